The average Bonchev–Trinajstić information content (AvgIpc) is 0.797. The van der Waals surface area contributed by atoms with E-state index in [4.69, 9.17) is 0 Å². The summed E-state index contributed by atoms with van der Waals surface area (Å²) in [5.74, 6) is 0. The molecule has 6 heteroatoms. The molecular weight excluding hydrogens is 1370 g/mol. The van der Waals surface area contributed by atoms with Crippen LogP contribution in [0.3, 0.4) is 0 Å². The van der Waals surface area contributed by atoms with Gasteiger partial charge in [0.05, 0.1) is 22.1 Å². The van der Waals surface area contributed by atoms with Gasteiger partial charge in [-0.05, 0) is 47.4 Å². The van der Waals surface area contributed by atoms with Gasteiger partial charge in [-0.3, -0.25) is 0 Å². The zero-order valence-electron chi connectivity index (χ0n) is 62.3. The molecule has 0 saturated carbocycles. The van der Waals surface area contributed by atoms with Crippen LogP contribution in [0.5, 0.6) is 0 Å². The molecule has 4 nitrogen and oxygen atoms in total. The topological polar surface area (TPSA) is 16.3 Å². The van der Waals surface area contributed by atoms with Gasteiger partial charge < -0.3 is 9.13 Å². The molecule has 0 radical (unpaired) electrons. The van der Waals surface area contributed by atoms with E-state index in [0.717, 1.165) is 67.8 Å². The van der Waals surface area contributed by atoms with Gasteiger partial charge in [-0.25, -0.2) is 0 Å². The van der Waals surface area contributed by atoms with Crippen molar-refractivity contribution in [2.24, 2.45) is 0 Å². The Kier molecular flexibility index (Phi) is 14.2. The molecule has 0 amide bonds. The Morgan fingerprint density at radius 3 is 0.954 bits per heavy atom. The molecule has 516 valence electrons. The van der Waals surface area contributed by atoms with Gasteiger partial charge >= 0.3 is 382 Å². The summed E-state index contributed by atoms with van der Waals surface area (Å²) in [6, 6.07) is 123. The summed E-state index contributed by atoms with van der Waals surface area (Å²) in [4.78, 5) is 5.53. The van der Waals surface area contributed by atoms with Crippen LogP contribution in [0.1, 0.15) is 79.0 Å². The van der Waals surface area contributed by atoms with Crippen LogP contribution in [0.25, 0.3) is 141 Å². The number of para-hydroxylation sites is 4. The minimum absolute atomic E-state index is 0.157. The number of fused-ring (bicyclic) bond motifs is 26. The second-order valence-electron chi connectivity index (χ2n) is 33.3. The number of benzene rings is 15. The Bertz CT molecular complexity index is 6320. The van der Waals surface area contributed by atoms with Crippen molar-refractivity contribution in [2.45, 2.75) is 78.6 Å². The van der Waals surface area contributed by atoms with Crippen molar-refractivity contribution >= 4 is 135 Å². The summed E-state index contributed by atoms with van der Waals surface area (Å²) >= 11 is 0.157. The van der Waals surface area contributed by atoms with Crippen molar-refractivity contribution in [1.29, 1.82) is 0 Å². The zero-order valence-corrected chi connectivity index (χ0v) is 64.0. The van der Waals surface area contributed by atoms with E-state index in [0.29, 0.717) is 0 Å². The van der Waals surface area contributed by atoms with Crippen molar-refractivity contribution in [3.05, 3.63) is 332 Å². The summed E-state index contributed by atoms with van der Waals surface area (Å²) in [5.41, 5.74) is 34.6. The van der Waals surface area contributed by atoms with Crippen molar-refractivity contribution in [1.82, 2.24) is 9.13 Å². The van der Waals surface area contributed by atoms with Gasteiger partial charge in [-0.15, -0.1) is 0 Å². The van der Waals surface area contributed by atoms with E-state index in [-0.39, 0.29) is 37.5 Å². The number of anilines is 6. The van der Waals surface area contributed by atoms with Gasteiger partial charge in [0.25, 0.3) is 6.71 Å². The van der Waals surface area contributed by atoms with Crippen LogP contribution in [0.4, 0.5) is 34.1 Å². The Morgan fingerprint density at radius 2 is 0.574 bits per heavy atom. The molecule has 13 bridgehead atoms. The molecule has 3 aliphatic rings. The zero-order chi connectivity index (χ0) is 72.8. The van der Waals surface area contributed by atoms with Crippen molar-refractivity contribution in [3.63, 3.8) is 0 Å². The summed E-state index contributed by atoms with van der Waals surface area (Å²) in [6.45, 7) is 21.3. The van der Waals surface area contributed by atoms with E-state index >= 15 is 0 Å². The molecule has 6 heterocycles. The standard InChI is InChI=1S/C102H79BN4Se/c1-100(2,3)70-54-79(62-26-12-10-13-27-62)98-81(56-70)68-32-24-30-64(50-68)66-42-48-95-83(52-66)84-53-67(43-49-96(84)108-95)65-31-25-33-69(51-65)82-57-71(101(4,5)6)55-80(63-28-14-11-15-29-63)99(82)107-92-61-74(105-89-40-22-18-36-77(89)78-37-19-23-41-90(78)105)45-47-86(92)103-85-46-44-73(104-87-38-20-16-34-75(87)76-35-17-21-39-88(76)104)60-91(85)106(98)93-58-72(102(7,8)9)59-94(107)97(93)103/h10-61H,1-9H3. The molecule has 21 rings (SSSR count). The van der Waals surface area contributed by atoms with Gasteiger partial charge in [-0.2, -0.15) is 0 Å². The summed E-state index contributed by atoms with van der Waals surface area (Å²) in [5, 5.41) is 7.59. The predicted octanol–water partition coefficient (Wildman–Crippen LogP) is 25.5. The van der Waals surface area contributed by atoms with Crippen molar-refractivity contribution < 1.29 is 0 Å². The molecule has 0 saturated heterocycles. The fraction of sp³-hybridized carbons (Fsp3) is 0.118. The van der Waals surface area contributed by atoms with Crippen LogP contribution in [0.2, 0.25) is 0 Å². The Morgan fingerprint density at radius 1 is 0.250 bits per heavy atom. The Labute approximate surface area is 637 Å². The number of rotatable bonds is 4. The molecule has 3 aliphatic heterocycles. The maximum absolute atomic E-state index is 2.77. The number of hydrogen-bond donors (Lipinski definition) is 0. The number of hydrogen-bond acceptors (Lipinski definition) is 2. The Hall–Kier alpha value is -11.9. The predicted molar refractivity (Wildman–Crippen MR) is 463 cm³/mol. The summed E-state index contributed by atoms with van der Waals surface area (Å²) < 4.78 is 7.89. The van der Waals surface area contributed by atoms with E-state index in [1.54, 1.807) is 0 Å². The van der Waals surface area contributed by atoms with E-state index in [9.17, 15) is 0 Å². The quantitative estimate of drug-likeness (QED) is 0.163. The van der Waals surface area contributed by atoms with Crippen LogP contribution in [-0.2, 0) is 16.2 Å². The van der Waals surface area contributed by atoms with E-state index in [1.807, 2.05) is 0 Å². The fourth-order valence-electron chi connectivity index (χ4n) is 18.2. The summed E-state index contributed by atoms with van der Waals surface area (Å²) in [7, 11) is 0. The third-order valence-electron chi connectivity index (χ3n) is 23.6. The number of nitrogens with zero attached hydrogens (tertiary/aromatic N) is 4. The van der Waals surface area contributed by atoms with Crippen LogP contribution in [0.15, 0.2) is 315 Å². The van der Waals surface area contributed by atoms with Crippen LogP contribution < -0.4 is 26.2 Å². The monoisotopic (exact) mass is 1450 g/mol. The third kappa shape index (κ3) is 9.96. The first-order chi connectivity index (χ1) is 52.4. The molecule has 3 aromatic heterocycles. The van der Waals surface area contributed by atoms with Gasteiger partial charge in [0.15, 0.2) is 0 Å². The van der Waals surface area contributed by atoms with Crippen LogP contribution in [-0.4, -0.2) is 30.4 Å². The number of aromatic nitrogens is 2. The van der Waals surface area contributed by atoms with Crippen molar-refractivity contribution in [3.8, 4) is 78.1 Å². The fourth-order valence-corrected chi connectivity index (χ4v) is 20.4. The molecule has 0 N–H and O–H groups in total. The van der Waals surface area contributed by atoms with Gasteiger partial charge in [0.2, 0.25) is 0 Å². The third-order valence-corrected chi connectivity index (χ3v) is 26.0. The first kappa shape index (κ1) is 64.5. The molecule has 15 aromatic carbocycles. The van der Waals surface area contributed by atoms with E-state index in [2.05, 4.69) is 397 Å². The minimum atomic E-state index is -0.349. The first-order valence-electron chi connectivity index (χ1n) is 38.1. The van der Waals surface area contributed by atoms with E-state index < -0.39 is 0 Å². The SMILES string of the molecule is CC(C)(C)c1cc(-c2ccccc2)c2c(c1)-c1cccc(c1)-c1ccc3[se]c4ccc(cc4c3c1)-c1cccc(c1)-c1cc(C(C)(C)C)cc(-c3ccccc3)c1N1c3cc(-n4c5ccccc5c5ccccc54)ccc3B3c4ccc(-n5c6ccccc6c6ccccc65)cc4N2c2cc(C(C)(C)C)cc1c23. The molecule has 0 unspecified atom stereocenters. The first-order valence-corrected chi connectivity index (χ1v) is 39.9. The summed E-state index contributed by atoms with van der Waals surface area (Å²) in [6.07, 6.45) is 0. The maximum atomic E-state index is 2.77. The van der Waals surface area contributed by atoms with E-state index in [1.165, 1.54) is 140 Å². The molecular formula is C102H79BN4Se. The second kappa shape index (κ2) is 23.8. The molecule has 18 aromatic rings. The second-order valence-corrected chi connectivity index (χ2v) is 35.5. The van der Waals surface area contributed by atoms with Crippen LogP contribution in [0, 0.1) is 0 Å². The average molecular weight is 1450 g/mol. The molecule has 108 heavy (non-hydrogen) atoms. The normalized spacial score (nSPS) is 13.2. The Balaban J connectivity index is 0.983. The van der Waals surface area contributed by atoms with Gasteiger partial charge in [0.1, 0.15) is 0 Å². The van der Waals surface area contributed by atoms with Crippen LogP contribution >= 0.6 is 0 Å². The molecule has 0 spiro atoms. The van der Waals surface area contributed by atoms with Gasteiger partial charge in [0, 0.05) is 32.9 Å². The molecule has 0 fully saturated rings. The van der Waals surface area contributed by atoms with Gasteiger partial charge in [-0.1, -0.05) is 142 Å². The molecule has 0 atom stereocenters. The van der Waals surface area contributed by atoms with Crippen molar-refractivity contribution in [2.75, 3.05) is 9.80 Å². The molecule has 0 aliphatic carbocycles.